The molecule has 2 saturated heterocycles. The molecule has 2 atom stereocenters. The number of amides is 1. The van der Waals surface area contributed by atoms with Crippen molar-refractivity contribution in [3.63, 3.8) is 0 Å². The average molecular weight is 418 g/mol. The Kier molecular flexibility index (Phi) is 7.72. The quantitative estimate of drug-likeness (QED) is 0.743. The van der Waals surface area contributed by atoms with E-state index >= 15 is 0 Å². The van der Waals surface area contributed by atoms with Crippen LogP contribution in [0.25, 0.3) is 0 Å². The Labute approximate surface area is 179 Å². The van der Waals surface area contributed by atoms with E-state index in [1.165, 1.54) is 0 Å². The van der Waals surface area contributed by atoms with Gasteiger partial charge in [-0.05, 0) is 45.7 Å². The molecule has 30 heavy (non-hydrogen) atoms. The molecule has 1 aromatic rings. The number of ether oxygens (including phenoxy) is 2. The van der Waals surface area contributed by atoms with Gasteiger partial charge in [0.15, 0.2) is 0 Å². The number of hydrogen-bond acceptors (Lipinski definition) is 6. The van der Waals surface area contributed by atoms with Crippen LogP contribution in [0.2, 0.25) is 0 Å². The van der Waals surface area contributed by atoms with Crippen LogP contribution >= 0.6 is 0 Å². The zero-order valence-corrected chi connectivity index (χ0v) is 18.4. The van der Waals surface area contributed by atoms with Crippen molar-refractivity contribution in [2.75, 3.05) is 32.7 Å². The molecular formula is C23H35N3O4. The van der Waals surface area contributed by atoms with Crippen LogP contribution in [-0.4, -0.2) is 72.3 Å². The normalized spacial score (nSPS) is 21.7. The lowest BCUT2D eigenvalue weighted by Gasteiger charge is -2.42. The minimum absolute atomic E-state index is 0.0788. The van der Waals surface area contributed by atoms with Gasteiger partial charge in [0.05, 0.1) is 0 Å². The van der Waals surface area contributed by atoms with Crippen molar-refractivity contribution in [1.29, 1.82) is 0 Å². The predicted octanol–water partition coefficient (Wildman–Crippen LogP) is 2.79. The molecule has 1 amide bonds. The largest absolute Gasteiger partial charge is 0.460 e. The summed E-state index contributed by atoms with van der Waals surface area (Å²) < 4.78 is 11.2. The van der Waals surface area contributed by atoms with E-state index in [0.717, 1.165) is 31.4 Å². The van der Waals surface area contributed by atoms with Gasteiger partial charge in [-0.2, -0.15) is 0 Å². The fourth-order valence-corrected chi connectivity index (χ4v) is 4.04. The number of carbonyl (C=O) groups is 2. The fourth-order valence-electron chi connectivity index (χ4n) is 4.04. The van der Waals surface area contributed by atoms with Crippen LogP contribution in [0.15, 0.2) is 30.3 Å². The Morgan fingerprint density at radius 2 is 1.80 bits per heavy atom. The standard InChI is InChI=1S/C23H35N3O4/c1-23(2,3)30-22(28)26-15-13-25(14-16-26)20(19-11-7-8-12-24-19)21(27)29-17-18-9-5-4-6-10-18/h4-6,9-10,19-20,24H,7-8,11-17H2,1-3H3. The van der Waals surface area contributed by atoms with Gasteiger partial charge in [0, 0.05) is 32.2 Å². The van der Waals surface area contributed by atoms with Gasteiger partial charge in [0.1, 0.15) is 18.2 Å². The number of nitrogens with one attached hydrogen (secondary N) is 1. The second kappa shape index (κ2) is 10.3. The lowest BCUT2D eigenvalue weighted by molar-refractivity contribution is -0.153. The molecule has 7 nitrogen and oxygen atoms in total. The second-order valence-corrected chi connectivity index (χ2v) is 9.10. The van der Waals surface area contributed by atoms with Gasteiger partial charge in [-0.15, -0.1) is 0 Å². The first-order valence-electron chi connectivity index (χ1n) is 11.0. The zero-order chi connectivity index (χ0) is 21.6. The Hall–Kier alpha value is -2.12. The molecule has 0 bridgehead atoms. The molecule has 166 valence electrons. The van der Waals surface area contributed by atoms with Gasteiger partial charge in [0.2, 0.25) is 0 Å². The van der Waals surface area contributed by atoms with Crippen LogP contribution in [0.1, 0.15) is 45.6 Å². The van der Waals surface area contributed by atoms with Gasteiger partial charge in [-0.25, -0.2) is 4.79 Å². The highest BCUT2D eigenvalue weighted by atomic mass is 16.6. The third-order valence-electron chi connectivity index (χ3n) is 5.55. The minimum atomic E-state index is -0.510. The van der Waals surface area contributed by atoms with Crippen molar-refractivity contribution in [1.82, 2.24) is 15.1 Å². The summed E-state index contributed by atoms with van der Waals surface area (Å²) in [4.78, 5) is 29.4. The third kappa shape index (κ3) is 6.44. The number of esters is 1. The van der Waals surface area contributed by atoms with E-state index in [-0.39, 0.29) is 30.8 Å². The number of carbonyl (C=O) groups excluding carboxylic acids is 2. The molecule has 3 rings (SSSR count). The van der Waals surface area contributed by atoms with Gasteiger partial charge in [-0.1, -0.05) is 36.8 Å². The van der Waals surface area contributed by atoms with E-state index in [1.54, 1.807) is 4.90 Å². The summed E-state index contributed by atoms with van der Waals surface area (Å²) in [5.74, 6) is -0.191. The number of hydrogen-bond donors (Lipinski definition) is 1. The maximum Gasteiger partial charge on any atom is 0.410 e. The third-order valence-corrected chi connectivity index (χ3v) is 5.55. The first-order valence-corrected chi connectivity index (χ1v) is 11.0. The maximum atomic E-state index is 13.1. The summed E-state index contributed by atoms with van der Waals surface area (Å²) in [6.07, 6.45) is 2.91. The van der Waals surface area contributed by atoms with E-state index < -0.39 is 5.60 Å². The molecular weight excluding hydrogens is 382 g/mol. The van der Waals surface area contributed by atoms with Gasteiger partial charge in [-0.3, -0.25) is 9.69 Å². The highest BCUT2D eigenvalue weighted by molar-refractivity contribution is 5.77. The number of piperazine rings is 1. The summed E-state index contributed by atoms with van der Waals surface area (Å²) in [5.41, 5.74) is 0.472. The van der Waals surface area contributed by atoms with Gasteiger partial charge >= 0.3 is 12.1 Å². The van der Waals surface area contributed by atoms with E-state index in [9.17, 15) is 9.59 Å². The predicted molar refractivity (Wildman–Crippen MR) is 115 cm³/mol. The van der Waals surface area contributed by atoms with Gasteiger partial charge in [0.25, 0.3) is 0 Å². The van der Waals surface area contributed by atoms with E-state index in [0.29, 0.717) is 26.2 Å². The Morgan fingerprint density at radius 1 is 1.10 bits per heavy atom. The molecule has 0 radical (unpaired) electrons. The van der Waals surface area contributed by atoms with Crippen LogP contribution in [0.3, 0.4) is 0 Å². The smallest absolute Gasteiger partial charge is 0.410 e. The topological polar surface area (TPSA) is 71.1 Å². The van der Waals surface area contributed by atoms with Crippen molar-refractivity contribution in [3.05, 3.63) is 35.9 Å². The molecule has 2 fully saturated rings. The van der Waals surface area contributed by atoms with Crippen LogP contribution in [0.4, 0.5) is 4.79 Å². The molecule has 0 aromatic heterocycles. The highest BCUT2D eigenvalue weighted by Gasteiger charge is 2.38. The minimum Gasteiger partial charge on any atom is -0.460 e. The number of nitrogens with zero attached hydrogens (tertiary/aromatic N) is 2. The van der Waals surface area contributed by atoms with Crippen molar-refractivity contribution in [2.24, 2.45) is 0 Å². The second-order valence-electron chi connectivity index (χ2n) is 9.10. The number of rotatable bonds is 5. The van der Waals surface area contributed by atoms with Crippen molar-refractivity contribution in [2.45, 2.75) is 64.3 Å². The lowest BCUT2D eigenvalue weighted by Crippen LogP contribution is -2.61. The molecule has 2 unspecified atom stereocenters. The fraction of sp³-hybridized carbons (Fsp3) is 0.652. The summed E-state index contributed by atoms with van der Waals surface area (Å²) >= 11 is 0. The first kappa shape index (κ1) is 22.6. The van der Waals surface area contributed by atoms with Crippen LogP contribution < -0.4 is 5.32 Å². The monoisotopic (exact) mass is 417 g/mol. The zero-order valence-electron chi connectivity index (χ0n) is 18.4. The summed E-state index contributed by atoms with van der Waals surface area (Å²) in [5, 5.41) is 3.51. The molecule has 2 aliphatic rings. The molecule has 7 heteroatoms. The van der Waals surface area contributed by atoms with E-state index in [4.69, 9.17) is 9.47 Å². The summed E-state index contributed by atoms with van der Waals surface area (Å²) in [7, 11) is 0. The maximum absolute atomic E-state index is 13.1. The molecule has 2 heterocycles. The molecule has 1 aromatic carbocycles. The SMILES string of the molecule is CC(C)(C)OC(=O)N1CCN(C(C(=O)OCc2ccccc2)C2CCCCN2)CC1. The molecule has 0 aliphatic carbocycles. The summed E-state index contributed by atoms with van der Waals surface area (Å²) in [6.45, 7) is 9.16. The molecule has 0 saturated carbocycles. The molecule has 0 spiro atoms. The number of piperidine rings is 1. The summed E-state index contributed by atoms with van der Waals surface area (Å²) in [6, 6.07) is 9.49. The Morgan fingerprint density at radius 3 is 2.40 bits per heavy atom. The average Bonchev–Trinajstić information content (AvgIpc) is 2.73. The first-order chi connectivity index (χ1) is 14.3. The lowest BCUT2D eigenvalue weighted by atomic mass is 9.96. The van der Waals surface area contributed by atoms with Crippen LogP contribution in [-0.2, 0) is 20.9 Å². The Bertz CT molecular complexity index is 690. The molecule has 2 aliphatic heterocycles. The van der Waals surface area contributed by atoms with Crippen LogP contribution in [0.5, 0.6) is 0 Å². The van der Waals surface area contributed by atoms with Crippen molar-refractivity contribution < 1.29 is 19.1 Å². The van der Waals surface area contributed by atoms with E-state index in [2.05, 4.69) is 10.2 Å². The number of benzene rings is 1. The van der Waals surface area contributed by atoms with Crippen LogP contribution in [0, 0.1) is 0 Å². The van der Waals surface area contributed by atoms with Crippen molar-refractivity contribution >= 4 is 12.1 Å². The van der Waals surface area contributed by atoms with Gasteiger partial charge < -0.3 is 19.7 Å². The van der Waals surface area contributed by atoms with Crippen molar-refractivity contribution in [3.8, 4) is 0 Å². The molecule has 1 N–H and O–H groups in total. The van der Waals surface area contributed by atoms with E-state index in [1.807, 2.05) is 51.1 Å². The Balaban J connectivity index is 1.61. The highest BCUT2D eigenvalue weighted by Crippen LogP contribution is 2.20.